The lowest BCUT2D eigenvalue weighted by atomic mass is 10.3. The van der Waals surface area contributed by atoms with Crippen LogP contribution in [0.25, 0.3) is 0 Å². The van der Waals surface area contributed by atoms with Crippen LogP contribution in [0.1, 0.15) is 0 Å². The minimum Gasteiger partial charge on any atom is -0.432 e. The highest BCUT2D eigenvalue weighted by atomic mass is 19.4. The summed E-state index contributed by atoms with van der Waals surface area (Å²) in [5.74, 6) is -3.89. The van der Waals surface area contributed by atoms with E-state index in [1.807, 2.05) is 0 Å². The maximum atomic E-state index is 13.1. The molecule has 0 N–H and O–H groups in total. The molecule has 0 heterocycles. The van der Waals surface area contributed by atoms with Gasteiger partial charge in [-0.3, -0.25) is 0 Å². The Balaban J connectivity index is 2.95. The van der Waals surface area contributed by atoms with Gasteiger partial charge in [-0.05, 0) is 12.1 Å². The third-order valence-electron chi connectivity index (χ3n) is 1.37. The van der Waals surface area contributed by atoms with Crippen LogP contribution in [-0.4, -0.2) is 13.0 Å². The van der Waals surface area contributed by atoms with Crippen LogP contribution in [0.4, 0.5) is 26.3 Å². The number of halogens is 6. The van der Waals surface area contributed by atoms with Crippen LogP contribution in [0.15, 0.2) is 18.2 Å². The third kappa shape index (κ3) is 3.52. The van der Waals surface area contributed by atoms with Gasteiger partial charge in [-0.25, -0.2) is 0 Å². The summed E-state index contributed by atoms with van der Waals surface area (Å²) in [5, 5.41) is 0. The predicted octanol–water partition coefficient (Wildman–Crippen LogP) is 3.33. The molecule has 16 heavy (non-hydrogen) atoms. The van der Waals surface area contributed by atoms with Crippen LogP contribution >= 0.6 is 0 Å². The molecule has 1 aromatic carbocycles. The molecule has 0 spiro atoms. The monoisotopic (exact) mass is 246 g/mol. The summed E-state index contributed by atoms with van der Waals surface area (Å²) in [6.07, 6.45) is -5.11. The molecular weight excluding hydrogens is 242 g/mol. The van der Waals surface area contributed by atoms with Crippen molar-refractivity contribution in [1.82, 2.24) is 0 Å². The van der Waals surface area contributed by atoms with E-state index in [0.717, 1.165) is 12.1 Å². The number of ether oxygens (including phenoxy) is 2. The topological polar surface area (TPSA) is 18.5 Å². The smallest absolute Gasteiger partial charge is 0.432 e. The van der Waals surface area contributed by atoms with E-state index in [4.69, 9.17) is 0 Å². The SMILES string of the molecule is Fc1c(OC(F)F)cccc1OC(F)(F)F. The standard InChI is InChI=1S/C8H4F6O2/c9-6-4(15-7(10)11)2-1-3-5(6)16-8(12,13)14/h1-3,7H. The lowest BCUT2D eigenvalue weighted by molar-refractivity contribution is -0.275. The zero-order chi connectivity index (χ0) is 12.3. The van der Waals surface area contributed by atoms with Gasteiger partial charge in [0.2, 0.25) is 5.82 Å². The summed E-state index contributed by atoms with van der Waals surface area (Å²) in [6.45, 7) is -3.34. The van der Waals surface area contributed by atoms with Crippen LogP contribution in [0.3, 0.4) is 0 Å². The number of hydrogen-bond acceptors (Lipinski definition) is 2. The zero-order valence-electron chi connectivity index (χ0n) is 7.39. The van der Waals surface area contributed by atoms with Crippen molar-refractivity contribution in [2.24, 2.45) is 0 Å². The quantitative estimate of drug-likeness (QED) is 0.761. The molecule has 0 saturated heterocycles. The molecule has 0 aliphatic carbocycles. The second-order valence-corrected chi connectivity index (χ2v) is 2.49. The molecule has 1 aromatic rings. The van der Waals surface area contributed by atoms with Gasteiger partial charge in [0.15, 0.2) is 11.5 Å². The minimum absolute atomic E-state index is 0.640. The lowest BCUT2D eigenvalue weighted by Gasteiger charge is -2.11. The minimum atomic E-state index is -5.11. The Kier molecular flexibility index (Phi) is 3.51. The molecule has 8 heteroatoms. The maximum absolute atomic E-state index is 13.1. The fourth-order valence-electron chi connectivity index (χ4n) is 0.881. The Bertz CT molecular complexity index is 362. The second kappa shape index (κ2) is 4.50. The number of rotatable bonds is 3. The van der Waals surface area contributed by atoms with E-state index in [2.05, 4.69) is 9.47 Å². The predicted molar refractivity (Wildman–Crippen MR) is 39.7 cm³/mol. The number of benzene rings is 1. The molecule has 90 valence electrons. The second-order valence-electron chi connectivity index (χ2n) is 2.49. The first kappa shape index (κ1) is 12.5. The van der Waals surface area contributed by atoms with Gasteiger partial charge < -0.3 is 9.47 Å². The van der Waals surface area contributed by atoms with E-state index in [1.165, 1.54) is 0 Å². The fraction of sp³-hybridized carbons (Fsp3) is 0.250. The van der Waals surface area contributed by atoms with Gasteiger partial charge in [0.05, 0.1) is 0 Å². The zero-order valence-corrected chi connectivity index (χ0v) is 7.39. The van der Waals surface area contributed by atoms with Gasteiger partial charge in [0.25, 0.3) is 0 Å². The molecule has 0 saturated carbocycles. The molecular formula is C8H4F6O2. The van der Waals surface area contributed by atoms with E-state index in [-0.39, 0.29) is 0 Å². The summed E-state index contributed by atoms with van der Waals surface area (Å²) in [7, 11) is 0. The Morgan fingerprint density at radius 3 is 2.12 bits per heavy atom. The molecule has 0 unspecified atom stereocenters. The van der Waals surface area contributed by atoms with Gasteiger partial charge in [0.1, 0.15) is 0 Å². The number of hydrogen-bond donors (Lipinski definition) is 0. The Hall–Kier alpha value is -1.60. The highest BCUT2D eigenvalue weighted by Crippen LogP contribution is 2.31. The molecule has 0 amide bonds. The Labute approximate surface area is 85.4 Å². The van der Waals surface area contributed by atoms with E-state index in [9.17, 15) is 26.3 Å². The van der Waals surface area contributed by atoms with Gasteiger partial charge in [-0.1, -0.05) is 6.07 Å². The van der Waals surface area contributed by atoms with Crippen molar-refractivity contribution in [3.8, 4) is 11.5 Å². The number of alkyl halides is 5. The van der Waals surface area contributed by atoms with Crippen molar-refractivity contribution in [3.63, 3.8) is 0 Å². The molecule has 0 atom stereocenters. The first-order valence-corrected chi connectivity index (χ1v) is 3.78. The van der Waals surface area contributed by atoms with Crippen LogP contribution in [0.2, 0.25) is 0 Å². The Morgan fingerprint density at radius 1 is 1.06 bits per heavy atom. The van der Waals surface area contributed by atoms with Crippen LogP contribution in [0, 0.1) is 5.82 Å². The molecule has 0 radical (unpaired) electrons. The summed E-state index contributed by atoms with van der Waals surface area (Å²) >= 11 is 0. The fourth-order valence-corrected chi connectivity index (χ4v) is 0.881. The summed E-state index contributed by atoms with van der Waals surface area (Å²) < 4.78 is 78.6. The summed E-state index contributed by atoms with van der Waals surface area (Å²) in [5.41, 5.74) is 0. The molecule has 0 aromatic heterocycles. The van der Waals surface area contributed by atoms with E-state index in [1.54, 1.807) is 0 Å². The van der Waals surface area contributed by atoms with Crippen molar-refractivity contribution in [1.29, 1.82) is 0 Å². The molecule has 1 rings (SSSR count). The molecule has 2 nitrogen and oxygen atoms in total. The van der Waals surface area contributed by atoms with Gasteiger partial charge in [-0.15, -0.1) is 13.2 Å². The van der Waals surface area contributed by atoms with Crippen LogP contribution in [-0.2, 0) is 0 Å². The molecule has 0 aliphatic rings. The average molecular weight is 246 g/mol. The van der Waals surface area contributed by atoms with Gasteiger partial charge in [-0.2, -0.15) is 13.2 Å². The first-order chi connectivity index (χ1) is 7.29. The third-order valence-corrected chi connectivity index (χ3v) is 1.37. The van der Waals surface area contributed by atoms with E-state index in [0.29, 0.717) is 6.07 Å². The normalized spacial score (nSPS) is 11.7. The first-order valence-electron chi connectivity index (χ1n) is 3.78. The van der Waals surface area contributed by atoms with E-state index >= 15 is 0 Å². The lowest BCUT2D eigenvalue weighted by Crippen LogP contribution is -2.18. The van der Waals surface area contributed by atoms with Gasteiger partial charge in [0, 0.05) is 0 Å². The van der Waals surface area contributed by atoms with Crippen molar-refractivity contribution in [3.05, 3.63) is 24.0 Å². The molecule has 0 aliphatic heterocycles. The van der Waals surface area contributed by atoms with Crippen LogP contribution < -0.4 is 9.47 Å². The summed E-state index contributed by atoms with van der Waals surface area (Å²) in [6, 6.07) is 2.29. The largest absolute Gasteiger partial charge is 0.573 e. The highest BCUT2D eigenvalue weighted by Gasteiger charge is 2.33. The Morgan fingerprint density at radius 2 is 1.62 bits per heavy atom. The summed E-state index contributed by atoms with van der Waals surface area (Å²) in [4.78, 5) is 0. The molecule has 0 fully saturated rings. The van der Waals surface area contributed by atoms with Crippen molar-refractivity contribution in [2.45, 2.75) is 13.0 Å². The van der Waals surface area contributed by atoms with E-state index < -0.39 is 30.3 Å². The highest BCUT2D eigenvalue weighted by molar-refractivity contribution is 5.35. The van der Waals surface area contributed by atoms with Crippen LogP contribution in [0.5, 0.6) is 11.5 Å². The average Bonchev–Trinajstić information content (AvgIpc) is 2.09. The van der Waals surface area contributed by atoms with Crippen molar-refractivity contribution >= 4 is 0 Å². The van der Waals surface area contributed by atoms with Crippen molar-refractivity contribution in [2.75, 3.05) is 0 Å². The van der Waals surface area contributed by atoms with Crippen molar-refractivity contribution < 1.29 is 35.8 Å². The maximum Gasteiger partial charge on any atom is 0.573 e. The van der Waals surface area contributed by atoms with Gasteiger partial charge >= 0.3 is 13.0 Å². The molecule has 0 bridgehead atoms.